The van der Waals surface area contributed by atoms with Gasteiger partial charge in [-0.3, -0.25) is 14.5 Å². The molecule has 1 aromatic carbocycles. The number of benzene rings is 1. The van der Waals surface area contributed by atoms with Crippen molar-refractivity contribution >= 4 is 27.3 Å². The predicted octanol–water partition coefficient (Wildman–Crippen LogP) is 1.04. The minimum atomic E-state index is -3.31. The molecule has 0 aromatic heterocycles. The average molecular weight is 310 g/mol. The number of nitrogens with one attached hydrogen (secondary N) is 1. The van der Waals surface area contributed by atoms with E-state index >= 15 is 0 Å². The van der Waals surface area contributed by atoms with E-state index in [1.807, 2.05) is 0 Å². The molecule has 0 bridgehead atoms. The fourth-order valence-corrected chi connectivity index (χ4v) is 2.99. The zero-order chi connectivity index (χ0) is 15.8. The predicted molar refractivity (Wildman–Crippen MR) is 78.6 cm³/mol. The van der Waals surface area contributed by atoms with Gasteiger partial charge in [0.25, 0.3) is 5.91 Å². The Labute approximate surface area is 124 Å². The van der Waals surface area contributed by atoms with Gasteiger partial charge in [0.1, 0.15) is 6.04 Å². The van der Waals surface area contributed by atoms with Gasteiger partial charge >= 0.3 is 0 Å². The number of nitrogens with zero attached hydrogens (tertiary/aromatic N) is 1. The number of anilines is 1. The molecule has 7 heteroatoms. The first-order valence-electron chi connectivity index (χ1n) is 6.62. The number of hydrogen-bond acceptors (Lipinski definition) is 5. The highest BCUT2D eigenvalue weighted by Crippen LogP contribution is 2.22. The zero-order valence-corrected chi connectivity index (χ0v) is 13.0. The summed E-state index contributed by atoms with van der Waals surface area (Å²) in [4.78, 5) is 25.4. The lowest BCUT2D eigenvalue weighted by Gasteiger charge is -2.19. The Bertz CT molecular complexity index is 682. The third-order valence-corrected chi connectivity index (χ3v) is 4.41. The summed E-state index contributed by atoms with van der Waals surface area (Å²) >= 11 is 0. The maximum atomic E-state index is 12.2. The first-order chi connectivity index (χ1) is 9.70. The van der Waals surface area contributed by atoms with Crippen LogP contribution in [0.15, 0.2) is 29.2 Å². The van der Waals surface area contributed by atoms with E-state index in [0.29, 0.717) is 5.69 Å². The molecular weight excluding hydrogens is 292 g/mol. The van der Waals surface area contributed by atoms with Crippen LogP contribution in [0.3, 0.4) is 0 Å². The maximum Gasteiger partial charge on any atom is 0.252 e. The van der Waals surface area contributed by atoms with Crippen molar-refractivity contribution < 1.29 is 18.0 Å². The van der Waals surface area contributed by atoms with Gasteiger partial charge in [-0.1, -0.05) is 6.07 Å². The highest BCUT2D eigenvalue weighted by Gasteiger charge is 2.39. The number of rotatable bonds is 4. The zero-order valence-electron chi connectivity index (χ0n) is 12.2. The molecule has 2 amide bonds. The molecule has 1 aliphatic rings. The van der Waals surface area contributed by atoms with Crippen LogP contribution in [0, 0.1) is 0 Å². The molecule has 2 rings (SSSR count). The number of imide groups is 1. The lowest BCUT2D eigenvalue weighted by molar-refractivity contribution is -0.140. The summed E-state index contributed by atoms with van der Waals surface area (Å²) in [5.74, 6) is -0.494. The lowest BCUT2D eigenvalue weighted by Crippen LogP contribution is -2.39. The van der Waals surface area contributed by atoms with E-state index in [1.54, 1.807) is 26.0 Å². The summed E-state index contributed by atoms with van der Waals surface area (Å²) in [6.45, 7) is 3.56. The smallest absolute Gasteiger partial charge is 0.252 e. The Kier molecular flexibility index (Phi) is 4.04. The summed E-state index contributed by atoms with van der Waals surface area (Å²) < 4.78 is 23.0. The van der Waals surface area contributed by atoms with Crippen molar-refractivity contribution in [2.75, 3.05) is 11.6 Å². The topological polar surface area (TPSA) is 83.6 Å². The van der Waals surface area contributed by atoms with Crippen LogP contribution in [0.1, 0.15) is 20.3 Å². The molecule has 0 spiro atoms. The van der Waals surface area contributed by atoms with Crippen molar-refractivity contribution in [3.8, 4) is 0 Å². The van der Waals surface area contributed by atoms with Crippen LogP contribution in [-0.4, -0.2) is 43.5 Å². The summed E-state index contributed by atoms with van der Waals surface area (Å²) in [7, 11) is -3.31. The lowest BCUT2D eigenvalue weighted by atomic mass is 10.2. The van der Waals surface area contributed by atoms with Gasteiger partial charge < -0.3 is 5.32 Å². The fourth-order valence-electron chi connectivity index (χ4n) is 2.32. The first-order valence-corrected chi connectivity index (χ1v) is 8.52. The van der Waals surface area contributed by atoms with Gasteiger partial charge in [-0.2, -0.15) is 0 Å². The molecule has 1 N–H and O–H groups in total. The van der Waals surface area contributed by atoms with Gasteiger partial charge in [0.15, 0.2) is 9.84 Å². The summed E-state index contributed by atoms with van der Waals surface area (Å²) in [5, 5.41) is 2.94. The van der Waals surface area contributed by atoms with E-state index in [0.717, 1.165) is 6.26 Å². The number of likely N-dealkylation sites (tertiary alicyclic amines) is 1. The Morgan fingerprint density at radius 2 is 1.95 bits per heavy atom. The summed E-state index contributed by atoms with van der Waals surface area (Å²) in [6.07, 6.45) is 1.21. The molecule has 114 valence electrons. The van der Waals surface area contributed by atoms with Crippen LogP contribution in [-0.2, 0) is 19.4 Å². The molecule has 0 aliphatic carbocycles. The quantitative estimate of drug-likeness (QED) is 0.840. The monoisotopic (exact) mass is 310 g/mol. The molecule has 6 nitrogen and oxygen atoms in total. The largest absolute Gasteiger partial charge is 0.373 e. The van der Waals surface area contributed by atoms with E-state index < -0.39 is 15.9 Å². The van der Waals surface area contributed by atoms with Gasteiger partial charge in [-0.05, 0) is 32.0 Å². The normalized spacial score (nSPS) is 19.4. The van der Waals surface area contributed by atoms with Crippen LogP contribution in [0.4, 0.5) is 5.69 Å². The highest BCUT2D eigenvalue weighted by molar-refractivity contribution is 7.90. The Morgan fingerprint density at radius 3 is 2.48 bits per heavy atom. The Morgan fingerprint density at radius 1 is 1.29 bits per heavy atom. The first kappa shape index (κ1) is 15.5. The van der Waals surface area contributed by atoms with Gasteiger partial charge in [-0.25, -0.2) is 8.42 Å². The van der Waals surface area contributed by atoms with Crippen LogP contribution < -0.4 is 5.32 Å². The van der Waals surface area contributed by atoms with Gasteiger partial charge in [0.05, 0.1) is 11.3 Å². The second kappa shape index (κ2) is 5.48. The van der Waals surface area contributed by atoms with Crippen molar-refractivity contribution in [1.82, 2.24) is 4.90 Å². The van der Waals surface area contributed by atoms with Crippen LogP contribution in [0.5, 0.6) is 0 Å². The van der Waals surface area contributed by atoms with Crippen LogP contribution in [0.2, 0.25) is 0 Å². The molecule has 0 saturated carbocycles. The van der Waals surface area contributed by atoms with Crippen LogP contribution in [0.25, 0.3) is 0 Å². The molecule has 0 radical (unpaired) electrons. The second-order valence-electron chi connectivity index (χ2n) is 5.40. The molecule has 1 atom stereocenters. The number of amides is 2. The second-order valence-corrected chi connectivity index (χ2v) is 7.41. The van der Waals surface area contributed by atoms with Crippen LogP contribution >= 0.6 is 0 Å². The SMILES string of the molecule is CC(C)N1C(=O)CC(Nc2cccc(S(C)(=O)=O)c2)C1=O. The Balaban J connectivity index is 2.20. The van der Waals surface area contributed by atoms with Crippen molar-refractivity contribution in [2.24, 2.45) is 0 Å². The standard InChI is InChI=1S/C14H18N2O4S/c1-9(2)16-13(17)8-12(14(16)18)15-10-5-4-6-11(7-10)21(3,19)20/h4-7,9,12,15H,8H2,1-3H3. The number of carbonyl (C=O) groups excluding carboxylic acids is 2. The molecule has 1 aliphatic heterocycles. The number of carbonyl (C=O) groups is 2. The average Bonchev–Trinajstić information content (AvgIpc) is 2.63. The van der Waals surface area contributed by atoms with Gasteiger partial charge in [0.2, 0.25) is 5.91 Å². The van der Waals surface area contributed by atoms with E-state index in [1.165, 1.54) is 17.0 Å². The third-order valence-electron chi connectivity index (χ3n) is 3.30. The van der Waals surface area contributed by atoms with Crippen molar-refractivity contribution in [3.63, 3.8) is 0 Å². The molecule has 1 heterocycles. The molecule has 1 saturated heterocycles. The van der Waals surface area contributed by atoms with Crippen molar-refractivity contribution in [1.29, 1.82) is 0 Å². The van der Waals surface area contributed by atoms with E-state index in [9.17, 15) is 18.0 Å². The summed E-state index contributed by atoms with van der Waals surface area (Å²) in [6, 6.07) is 5.40. The molecule has 21 heavy (non-hydrogen) atoms. The number of hydrogen-bond donors (Lipinski definition) is 1. The summed E-state index contributed by atoms with van der Waals surface area (Å²) in [5.41, 5.74) is 0.509. The van der Waals surface area contributed by atoms with Gasteiger partial charge in [0, 0.05) is 18.0 Å². The molecule has 1 unspecified atom stereocenters. The van der Waals surface area contributed by atoms with E-state index in [4.69, 9.17) is 0 Å². The maximum absolute atomic E-state index is 12.2. The third kappa shape index (κ3) is 3.24. The molecule has 1 aromatic rings. The molecular formula is C14H18N2O4S. The fraction of sp³-hybridized carbons (Fsp3) is 0.429. The minimum absolute atomic E-state index is 0.0834. The molecule has 1 fully saturated rings. The van der Waals surface area contributed by atoms with E-state index in [2.05, 4.69) is 5.32 Å². The highest BCUT2D eigenvalue weighted by atomic mass is 32.2. The Hall–Kier alpha value is -1.89. The van der Waals surface area contributed by atoms with Crippen molar-refractivity contribution in [2.45, 2.75) is 37.2 Å². The van der Waals surface area contributed by atoms with Crippen molar-refractivity contribution in [3.05, 3.63) is 24.3 Å². The minimum Gasteiger partial charge on any atom is -0.373 e. The van der Waals surface area contributed by atoms with Gasteiger partial charge in [-0.15, -0.1) is 0 Å². The van der Waals surface area contributed by atoms with E-state index in [-0.39, 0.29) is 29.2 Å². The number of sulfone groups is 1.